The molecule has 0 aliphatic carbocycles. The molecule has 4 amide bonds. The number of benzene rings is 1. The van der Waals surface area contributed by atoms with E-state index in [1.807, 2.05) is 18.2 Å². The van der Waals surface area contributed by atoms with E-state index in [1.165, 1.54) is 9.80 Å². The summed E-state index contributed by atoms with van der Waals surface area (Å²) >= 11 is 0. The average Bonchev–Trinajstić information content (AvgIpc) is 2.72. The lowest BCUT2D eigenvalue weighted by Crippen LogP contribution is -2.56. The van der Waals surface area contributed by atoms with Crippen LogP contribution < -0.4 is 11.1 Å². The van der Waals surface area contributed by atoms with Crippen LogP contribution in [0.3, 0.4) is 0 Å². The highest BCUT2D eigenvalue weighted by Crippen LogP contribution is 2.08. The molecule has 1 aliphatic rings. The van der Waals surface area contributed by atoms with Crippen LogP contribution in [0.4, 0.5) is 9.59 Å². The monoisotopic (exact) mass is 406 g/mol. The number of ether oxygens (including phenoxy) is 2. The maximum absolute atomic E-state index is 12.8. The van der Waals surface area contributed by atoms with Crippen molar-refractivity contribution >= 4 is 24.0 Å². The minimum absolute atomic E-state index is 0.0301. The van der Waals surface area contributed by atoms with Crippen LogP contribution in [-0.2, 0) is 25.7 Å². The number of amides is 4. The molecule has 1 heterocycles. The van der Waals surface area contributed by atoms with Gasteiger partial charge in [-0.3, -0.25) is 9.59 Å². The van der Waals surface area contributed by atoms with Crippen molar-refractivity contribution in [2.75, 3.05) is 32.8 Å². The second kappa shape index (κ2) is 10.9. The zero-order valence-electron chi connectivity index (χ0n) is 16.3. The van der Waals surface area contributed by atoms with Crippen molar-refractivity contribution in [1.29, 1.82) is 0 Å². The van der Waals surface area contributed by atoms with Gasteiger partial charge in [-0.05, 0) is 12.5 Å². The molecule has 1 fully saturated rings. The van der Waals surface area contributed by atoms with Gasteiger partial charge in [-0.15, -0.1) is 0 Å². The van der Waals surface area contributed by atoms with Crippen LogP contribution in [0.25, 0.3) is 0 Å². The van der Waals surface area contributed by atoms with Crippen molar-refractivity contribution in [2.24, 2.45) is 5.73 Å². The number of alkyl carbamates (subject to hydrolysis) is 1. The van der Waals surface area contributed by atoms with E-state index in [0.717, 1.165) is 5.56 Å². The molecule has 10 nitrogen and oxygen atoms in total. The zero-order valence-corrected chi connectivity index (χ0v) is 16.3. The van der Waals surface area contributed by atoms with E-state index in [1.54, 1.807) is 19.1 Å². The Labute approximate surface area is 168 Å². The highest BCUT2D eigenvalue weighted by molar-refractivity contribution is 5.90. The van der Waals surface area contributed by atoms with E-state index < -0.39 is 30.0 Å². The molecule has 10 heteroatoms. The fraction of sp³-hybridized carbons (Fsp3) is 0.474. The van der Waals surface area contributed by atoms with Crippen molar-refractivity contribution in [1.82, 2.24) is 15.1 Å². The molecule has 0 spiro atoms. The van der Waals surface area contributed by atoms with E-state index in [9.17, 15) is 19.2 Å². The van der Waals surface area contributed by atoms with Crippen molar-refractivity contribution in [2.45, 2.75) is 26.0 Å². The van der Waals surface area contributed by atoms with Gasteiger partial charge in [0.2, 0.25) is 11.8 Å². The molecular formula is C19H26N4O6. The third-order valence-corrected chi connectivity index (χ3v) is 4.33. The quantitative estimate of drug-likeness (QED) is 0.676. The van der Waals surface area contributed by atoms with Gasteiger partial charge in [-0.2, -0.15) is 0 Å². The number of nitrogens with one attached hydrogen (secondary N) is 1. The van der Waals surface area contributed by atoms with Crippen molar-refractivity contribution in [3.63, 3.8) is 0 Å². The number of nitrogens with two attached hydrogens (primary N) is 1. The summed E-state index contributed by atoms with van der Waals surface area (Å²) in [6, 6.07) is 7.92. The molecule has 1 atom stereocenters. The molecule has 0 aromatic heterocycles. The first-order valence-electron chi connectivity index (χ1n) is 9.36. The standard InChI is InChI=1S/C19H26N4O6/c1-2-28-19(27)23-10-8-22(9-11-23)17(25)15(12-16(20)24)21-18(26)29-13-14-6-4-3-5-7-14/h3-7,15H,2,8-13H2,1H3,(H2,20,24)(H,21,26). The van der Waals surface area contributed by atoms with E-state index in [2.05, 4.69) is 5.32 Å². The van der Waals surface area contributed by atoms with Gasteiger partial charge >= 0.3 is 12.2 Å². The molecule has 1 aromatic carbocycles. The molecule has 1 aliphatic heterocycles. The first kappa shape index (κ1) is 22.0. The summed E-state index contributed by atoms with van der Waals surface area (Å²) in [7, 11) is 0. The van der Waals surface area contributed by atoms with Gasteiger partial charge in [0, 0.05) is 26.2 Å². The fourth-order valence-corrected chi connectivity index (χ4v) is 2.85. The summed E-state index contributed by atoms with van der Waals surface area (Å²) in [5.41, 5.74) is 6.01. The number of rotatable bonds is 7. The molecule has 158 valence electrons. The molecule has 2 rings (SSSR count). The SMILES string of the molecule is CCOC(=O)N1CCN(C(=O)C(CC(N)=O)NC(=O)OCc2ccccc2)CC1. The van der Waals surface area contributed by atoms with Gasteiger partial charge < -0.3 is 30.3 Å². The summed E-state index contributed by atoms with van der Waals surface area (Å²) in [6.45, 7) is 3.13. The summed E-state index contributed by atoms with van der Waals surface area (Å²) in [5.74, 6) is -1.18. The summed E-state index contributed by atoms with van der Waals surface area (Å²) in [4.78, 5) is 50.9. The minimum Gasteiger partial charge on any atom is -0.450 e. The molecule has 0 radical (unpaired) electrons. The van der Waals surface area contributed by atoms with Crippen LogP contribution in [0.5, 0.6) is 0 Å². The first-order valence-corrected chi connectivity index (χ1v) is 9.36. The Morgan fingerprint density at radius 1 is 1.03 bits per heavy atom. The van der Waals surface area contributed by atoms with Crippen LogP contribution >= 0.6 is 0 Å². The number of nitrogens with zero attached hydrogens (tertiary/aromatic N) is 2. The van der Waals surface area contributed by atoms with Crippen LogP contribution in [0.2, 0.25) is 0 Å². The Morgan fingerprint density at radius 3 is 2.24 bits per heavy atom. The lowest BCUT2D eigenvalue weighted by atomic mass is 10.1. The predicted molar refractivity (Wildman–Crippen MR) is 103 cm³/mol. The molecular weight excluding hydrogens is 380 g/mol. The number of carbonyl (C=O) groups excluding carboxylic acids is 4. The van der Waals surface area contributed by atoms with Crippen molar-refractivity contribution in [3.05, 3.63) is 35.9 Å². The maximum atomic E-state index is 12.8. The average molecular weight is 406 g/mol. The maximum Gasteiger partial charge on any atom is 0.409 e. The highest BCUT2D eigenvalue weighted by Gasteiger charge is 2.31. The first-order chi connectivity index (χ1) is 13.9. The lowest BCUT2D eigenvalue weighted by Gasteiger charge is -2.35. The summed E-state index contributed by atoms with van der Waals surface area (Å²) in [6.07, 6.45) is -1.60. The summed E-state index contributed by atoms with van der Waals surface area (Å²) < 4.78 is 10.1. The van der Waals surface area contributed by atoms with Gasteiger partial charge in [0.05, 0.1) is 13.0 Å². The van der Waals surface area contributed by atoms with Gasteiger partial charge in [-0.1, -0.05) is 30.3 Å². The smallest absolute Gasteiger partial charge is 0.409 e. The normalized spacial score (nSPS) is 14.7. The van der Waals surface area contributed by atoms with Crippen LogP contribution in [0, 0.1) is 0 Å². The third kappa shape index (κ3) is 6.98. The van der Waals surface area contributed by atoms with E-state index in [4.69, 9.17) is 15.2 Å². The number of carbonyl (C=O) groups is 4. The molecule has 29 heavy (non-hydrogen) atoms. The number of piperazine rings is 1. The van der Waals surface area contributed by atoms with E-state index in [0.29, 0.717) is 13.1 Å². The number of hydrogen-bond donors (Lipinski definition) is 2. The van der Waals surface area contributed by atoms with Crippen LogP contribution in [0.1, 0.15) is 18.9 Å². The second-order valence-corrected chi connectivity index (χ2v) is 6.44. The van der Waals surface area contributed by atoms with E-state index >= 15 is 0 Å². The third-order valence-electron chi connectivity index (χ3n) is 4.33. The molecule has 0 bridgehead atoms. The Balaban J connectivity index is 1.89. The highest BCUT2D eigenvalue weighted by atomic mass is 16.6. The fourth-order valence-electron chi connectivity index (χ4n) is 2.85. The lowest BCUT2D eigenvalue weighted by molar-refractivity contribution is -0.136. The molecule has 3 N–H and O–H groups in total. The second-order valence-electron chi connectivity index (χ2n) is 6.44. The van der Waals surface area contributed by atoms with Gasteiger partial charge in [-0.25, -0.2) is 9.59 Å². The van der Waals surface area contributed by atoms with Gasteiger partial charge in [0.15, 0.2) is 0 Å². The van der Waals surface area contributed by atoms with Crippen molar-refractivity contribution < 1.29 is 28.7 Å². The summed E-state index contributed by atoms with van der Waals surface area (Å²) in [5, 5.41) is 2.41. The Hall–Kier alpha value is -3.30. The molecule has 1 saturated heterocycles. The largest absolute Gasteiger partial charge is 0.450 e. The van der Waals surface area contributed by atoms with Gasteiger partial charge in [0.1, 0.15) is 12.6 Å². The van der Waals surface area contributed by atoms with E-state index in [-0.39, 0.29) is 32.7 Å². The minimum atomic E-state index is -1.13. The topological polar surface area (TPSA) is 131 Å². The Morgan fingerprint density at radius 2 is 1.66 bits per heavy atom. The van der Waals surface area contributed by atoms with Crippen molar-refractivity contribution in [3.8, 4) is 0 Å². The zero-order chi connectivity index (χ0) is 21.2. The van der Waals surface area contributed by atoms with Crippen LogP contribution in [0.15, 0.2) is 30.3 Å². The van der Waals surface area contributed by atoms with Gasteiger partial charge in [0.25, 0.3) is 0 Å². The predicted octanol–water partition coefficient (Wildman–Crippen LogP) is 0.458. The Bertz CT molecular complexity index is 719. The molecule has 0 saturated carbocycles. The number of primary amides is 1. The molecule has 1 aromatic rings. The molecule has 1 unspecified atom stereocenters. The number of hydrogen-bond acceptors (Lipinski definition) is 6. The van der Waals surface area contributed by atoms with Crippen LogP contribution in [-0.4, -0.2) is 72.6 Å². The Kier molecular flexibility index (Phi) is 8.26.